The molecule has 4 nitrogen and oxygen atoms in total. The van der Waals surface area contributed by atoms with Crippen LogP contribution >= 0.6 is 12.2 Å². The molecule has 1 aliphatic carbocycles. The van der Waals surface area contributed by atoms with Crippen molar-refractivity contribution in [1.29, 1.82) is 0 Å². The molecule has 1 saturated carbocycles. The maximum Gasteiger partial charge on any atom is 0.258 e. The van der Waals surface area contributed by atoms with Crippen LogP contribution in [0.1, 0.15) is 36.0 Å². The molecule has 1 aromatic carbocycles. The number of aromatic amines is 1. The van der Waals surface area contributed by atoms with Gasteiger partial charge in [-0.1, -0.05) is 18.3 Å². The lowest BCUT2D eigenvalue weighted by Crippen LogP contribution is -2.14. The van der Waals surface area contributed by atoms with Crippen LogP contribution in [0.4, 0.5) is 5.69 Å². The van der Waals surface area contributed by atoms with Gasteiger partial charge in [-0.15, -0.1) is 0 Å². The molecule has 0 aliphatic heterocycles. The molecule has 1 heterocycles. The number of hydrogen-bond donors (Lipinski definition) is 2. The molecule has 114 valence electrons. The van der Waals surface area contributed by atoms with Crippen LogP contribution in [0.2, 0.25) is 0 Å². The zero-order chi connectivity index (χ0) is 15.4. The number of anilines is 1. The lowest BCUT2D eigenvalue weighted by molar-refractivity contribution is 0.102. The van der Waals surface area contributed by atoms with Crippen molar-refractivity contribution in [3.8, 4) is 5.75 Å². The molecule has 2 aromatic rings. The van der Waals surface area contributed by atoms with Crippen molar-refractivity contribution in [3.05, 3.63) is 52.8 Å². The van der Waals surface area contributed by atoms with E-state index in [2.05, 4.69) is 10.3 Å². The number of benzene rings is 1. The Bertz CT molecular complexity index is 720. The molecule has 0 saturated heterocycles. The fourth-order valence-electron chi connectivity index (χ4n) is 2.64. The second kappa shape index (κ2) is 6.75. The topological polar surface area (TPSA) is 54.1 Å². The monoisotopic (exact) mass is 314 g/mol. The number of H-pyrrole nitrogens is 1. The van der Waals surface area contributed by atoms with Crippen LogP contribution in [0, 0.1) is 4.64 Å². The van der Waals surface area contributed by atoms with Gasteiger partial charge < -0.3 is 15.0 Å². The quantitative estimate of drug-likeness (QED) is 0.826. The highest BCUT2D eigenvalue weighted by atomic mass is 32.1. The molecule has 1 fully saturated rings. The van der Waals surface area contributed by atoms with Gasteiger partial charge in [-0.3, -0.25) is 4.79 Å². The highest BCUT2D eigenvalue weighted by molar-refractivity contribution is 7.71. The second-order valence-electron chi connectivity index (χ2n) is 5.42. The number of aromatic nitrogens is 1. The lowest BCUT2D eigenvalue weighted by Gasteiger charge is -2.14. The van der Waals surface area contributed by atoms with Gasteiger partial charge in [-0.25, -0.2) is 0 Å². The van der Waals surface area contributed by atoms with E-state index in [9.17, 15) is 4.79 Å². The molecule has 0 spiro atoms. The average Bonchev–Trinajstić information content (AvgIpc) is 3.01. The number of carbonyl (C=O) groups excluding carboxylic acids is 1. The Morgan fingerprint density at radius 1 is 1.23 bits per heavy atom. The average molecular weight is 314 g/mol. The van der Waals surface area contributed by atoms with Gasteiger partial charge in [0.2, 0.25) is 0 Å². The van der Waals surface area contributed by atoms with Gasteiger partial charge in [-0.05, 0) is 49.9 Å². The smallest absolute Gasteiger partial charge is 0.258 e. The van der Waals surface area contributed by atoms with Crippen LogP contribution in [-0.4, -0.2) is 17.0 Å². The van der Waals surface area contributed by atoms with E-state index in [1.54, 1.807) is 18.3 Å². The van der Waals surface area contributed by atoms with Crippen LogP contribution in [0.25, 0.3) is 0 Å². The Hall–Kier alpha value is -2.14. The first-order chi connectivity index (χ1) is 10.7. The van der Waals surface area contributed by atoms with Crippen molar-refractivity contribution in [2.75, 3.05) is 5.32 Å². The molecular formula is C17H18N2O2S. The van der Waals surface area contributed by atoms with E-state index in [0.717, 1.165) is 18.6 Å². The summed E-state index contributed by atoms with van der Waals surface area (Å²) in [5.74, 6) is 0.572. The Morgan fingerprint density at radius 2 is 2.05 bits per heavy atom. The summed E-state index contributed by atoms with van der Waals surface area (Å²) >= 11 is 5.12. The normalized spacial score (nSPS) is 14.7. The summed E-state index contributed by atoms with van der Waals surface area (Å²) in [7, 11) is 0. The van der Waals surface area contributed by atoms with Crippen LogP contribution in [-0.2, 0) is 0 Å². The van der Waals surface area contributed by atoms with Crippen molar-refractivity contribution in [3.63, 3.8) is 0 Å². The van der Waals surface area contributed by atoms with Gasteiger partial charge in [0.1, 0.15) is 10.4 Å². The highest BCUT2D eigenvalue weighted by Crippen LogP contribution is 2.25. The number of amides is 1. The Balaban J connectivity index is 1.71. The molecule has 5 heteroatoms. The van der Waals surface area contributed by atoms with Crippen molar-refractivity contribution >= 4 is 23.8 Å². The van der Waals surface area contributed by atoms with Crippen molar-refractivity contribution in [2.45, 2.75) is 31.8 Å². The van der Waals surface area contributed by atoms with Gasteiger partial charge in [0, 0.05) is 18.0 Å². The summed E-state index contributed by atoms with van der Waals surface area (Å²) in [6, 6.07) is 11.0. The second-order valence-corrected chi connectivity index (χ2v) is 5.83. The molecule has 0 bridgehead atoms. The zero-order valence-corrected chi connectivity index (χ0v) is 13.0. The molecule has 22 heavy (non-hydrogen) atoms. The largest absolute Gasteiger partial charge is 0.490 e. The lowest BCUT2D eigenvalue weighted by atomic mass is 10.2. The number of rotatable bonds is 4. The van der Waals surface area contributed by atoms with Gasteiger partial charge >= 0.3 is 0 Å². The van der Waals surface area contributed by atoms with Crippen molar-refractivity contribution in [2.24, 2.45) is 0 Å². The third-order valence-corrected chi connectivity index (χ3v) is 4.10. The van der Waals surface area contributed by atoms with E-state index >= 15 is 0 Å². The fraction of sp³-hybridized carbons (Fsp3) is 0.294. The van der Waals surface area contributed by atoms with E-state index in [1.165, 1.54) is 12.8 Å². The number of pyridine rings is 1. The minimum Gasteiger partial charge on any atom is -0.490 e. The van der Waals surface area contributed by atoms with E-state index < -0.39 is 0 Å². The van der Waals surface area contributed by atoms with Gasteiger partial charge in [0.15, 0.2) is 0 Å². The summed E-state index contributed by atoms with van der Waals surface area (Å²) in [5.41, 5.74) is 1.17. The zero-order valence-electron chi connectivity index (χ0n) is 12.2. The summed E-state index contributed by atoms with van der Waals surface area (Å²) in [4.78, 5) is 15.1. The molecule has 0 unspecified atom stereocenters. The standard InChI is InChI=1S/C17H18N2O2S/c20-16(15-9-4-10-18-17(15)22)19-12-5-3-8-14(11-12)21-13-6-1-2-7-13/h3-5,8-11,13H,1-2,6-7H2,(H,18,22)(H,19,20). The van der Waals surface area contributed by atoms with Crippen LogP contribution in [0.3, 0.4) is 0 Å². The van der Waals surface area contributed by atoms with E-state index in [1.807, 2.05) is 24.3 Å². The van der Waals surface area contributed by atoms with Crippen LogP contribution in [0.15, 0.2) is 42.6 Å². The number of nitrogens with one attached hydrogen (secondary N) is 2. The molecule has 3 rings (SSSR count). The van der Waals surface area contributed by atoms with Gasteiger partial charge in [0.05, 0.1) is 11.7 Å². The SMILES string of the molecule is O=C(Nc1cccc(OC2CCCC2)c1)c1ccc[nH]c1=S. The summed E-state index contributed by atoms with van der Waals surface area (Å²) in [6.07, 6.45) is 6.68. The highest BCUT2D eigenvalue weighted by Gasteiger charge is 2.16. The van der Waals surface area contributed by atoms with E-state index in [0.29, 0.717) is 22.0 Å². The minimum atomic E-state index is -0.222. The molecule has 0 atom stereocenters. The maximum absolute atomic E-state index is 12.3. The van der Waals surface area contributed by atoms with Crippen LogP contribution in [0.5, 0.6) is 5.75 Å². The summed E-state index contributed by atoms with van der Waals surface area (Å²) in [6.45, 7) is 0. The first kappa shape index (κ1) is 14.8. The Morgan fingerprint density at radius 3 is 2.82 bits per heavy atom. The van der Waals surface area contributed by atoms with Gasteiger partial charge in [-0.2, -0.15) is 0 Å². The Kier molecular flexibility index (Phi) is 4.53. The predicted octanol–water partition coefficient (Wildman–Crippen LogP) is 4.32. The number of hydrogen-bond acceptors (Lipinski definition) is 3. The first-order valence-corrected chi connectivity index (χ1v) is 7.89. The van der Waals surface area contributed by atoms with E-state index in [-0.39, 0.29) is 5.91 Å². The number of carbonyl (C=O) groups is 1. The third kappa shape index (κ3) is 3.54. The first-order valence-electron chi connectivity index (χ1n) is 7.48. The van der Waals surface area contributed by atoms with Gasteiger partial charge in [0.25, 0.3) is 5.91 Å². The van der Waals surface area contributed by atoms with E-state index in [4.69, 9.17) is 17.0 Å². The van der Waals surface area contributed by atoms with Crippen molar-refractivity contribution < 1.29 is 9.53 Å². The molecule has 1 amide bonds. The molecule has 1 aliphatic rings. The molecular weight excluding hydrogens is 296 g/mol. The van der Waals surface area contributed by atoms with Crippen molar-refractivity contribution in [1.82, 2.24) is 4.98 Å². The predicted molar refractivity (Wildman–Crippen MR) is 88.9 cm³/mol. The molecule has 2 N–H and O–H groups in total. The minimum absolute atomic E-state index is 0.222. The fourth-order valence-corrected chi connectivity index (χ4v) is 2.87. The summed E-state index contributed by atoms with van der Waals surface area (Å²) < 4.78 is 6.38. The molecule has 0 radical (unpaired) electrons. The van der Waals surface area contributed by atoms with Crippen LogP contribution < -0.4 is 10.1 Å². The maximum atomic E-state index is 12.3. The Labute approximate surface area is 134 Å². The third-order valence-electron chi connectivity index (χ3n) is 3.76. The summed E-state index contributed by atoms with van der Waals surface area (Å²) in [5, 5.41) is 2.86. The number of ether oxygens (including phenoxy) is 1. The molecule has 1 aromatic heterocycles.